The molecule has 0 saturated carbocycles. The van der Waals surface area contributed by atoms with E-state index in [-0.39, 0.29) is 0 Å². The van der Waals surface area contributed by atoms with Gasteiger partial charge in [0.05, 0.1) is 0 Å². The molecule has 9 aromatic carbocycles. The van der Waals surface area contributed by atoms with E-state index in [1.807, 2.05) is 6.08 Å². The van der Waals surface area contributed by atoms with Crippen LogP contribution in [0, 0.1) is 5.41 Å². The largest absolute Gasteiger partial charge is 0.311 e. The lowest BCUT2D eigenvalue weighted by Gasteiger charge is -2.26. The molecule has 0 bridgehead atoms. The minimum absolute atomic E-state index is 0.818. The lowest BCUT2D eigenvalue weighted by Crippen LogP contribution is -2.10. The maximum absolute atomic E-state index is 7.96. The van der Waals surface area contributed by atoms with E-state index in [0.29, 0.717) is 0 Å². The molecule has 266 valence electrons. The first-order valence-corrected chi connectivity index (χ1v) is 19.5. The van der Waals surface area contributed by atoms with Crippen LogP contribution in [0.3, 0.4) is 0 Å². The molecule has 0 saturated heterocycles. The third-order valence-corrected chi connectivity index (χ3v) is 11.9. The highest BCUT2D eigenvalue weighted by Crippen LogP contribution is 2.51. The van der Waals surface area contributed by atoms with Gasteiger partial charge in [0.25, 0.3) is 0 Å². The van der Waals surface area contributed by atoms with Crippen molar-refractivity contribution in [1.29, 1.82) is 5.41 Å². The van der Waals surface area contributed by atoms with Crippen molar-refractivity contribution in [1.82, 2.24) is 0 Å². The van der Waals surface area contributed by atoms with Crippen molar-refractivity contribution >= 4 is 50.4 Å². The number of anilines is 3. The number of hydrogen-bond donors (Lipinski definition) is 1. The van der Waals surface area contributed by atoms with Gasteiger partial charge in [-0.05, 0) is 136 Å². The summed E-state index contributed by atoms with van der Waals surface area (Å²) < 4.78 is 0. The van der Waals surface area contributed by atoms with Gasteiger partial charge in [0.15, 0.2) is 0 Å². The molecule has 0 unspecified atom stereocenters. The molecular weight excluding hydrogens is 689 g/mol. The smallest absolute Gasteiger partial charge is 0.0462 e. The summed E-state index contributed by atoms with van der Waals surface area (Å²) in [6, 6.07) is 66.4. The third kappa shape index (κ3) is 5.08. The fourth-order valence-electron chi connectivity index (χ4n) is 9.31. The summed E-state index contributed by atoms with van der Waals surface area (Å²) in [5, 5.41) is 13.2. The highest BCUT2D eigenvalue weighted by molar-refractivity contribution is 6.20. The Morgan fingerprint density at radius 3 is 1.16 bits per heavy atom. The summed E-state index contributed by atoms with van der Waals surface area (Å²) in [6.45, 7) is 3.84. The van der Waals surface area contributed by atoms with Crippen molar-refractivity contribution in [3.8, 4) is 66.8 Å². The monoisotopic (exact) mass is 724 g/mol. The lowest BCUT2D eigenvalue weighted by atomic mass is 9.94. The van der Waals surface area contributed by atoms with Crippen molar-refractivity contribution in [2.75, 3.05) is 4.90 Å². The fourth-order valence-corrected chi connectivity index (χ4v) is 9.31. The zero-order valence-corrected chi connectivity index (χ0v) is 31.2. The van der Waals surface area contributed by atoms with Gasteiger partial charge in [-0.25, -0.2) is 0 Å². The second-order valence-corrected chi connectivity index (χ2v) is 14.8. The summed E-state index contributed by atoms with van der Waals surface area (Å²) >= 11 is 0. The van der Waals surface area contributed by atoms with Crippen LogP contribution in [-0.2, 0) is 0 Å². The first-order valence-electron chi connectivity index (χ1n) is 19.5. The molecular formula is C55H36N2. The first-order chi connectivity index (χ1) is 28.2. The molecule has 2 heteroatoms. The summed E-state index contributed by atoms with van der Waals surface area (Å²) in [5.74, 6) is 0. The SMILES string of the molecule is C=C/C=C(\C=N)c1ccc(N(c2ccc(-c3ccc4c5c(cccc35)-c3ccccc3-4)cc2)c2ccc(-c3ccc4c5c(cccc35)-c3ccccc3-4)cc2)cc1. The van der Waals surface area contributed by atoms with Crippen molar-refractivity contribution in [2.45, 2.75) is 0 Å². The Morgan fingerprint density at radius 2 is 0.754 bits per heavy atom. The quantitative estimate of drug-likeness (QED) is 0.123. The van der Waals surface area contributed by atoms with Crippen molar-refractivity contribution in [2.24, 2.45) is 0 Å². The Balaban J connectivity index is 0.994. The summed E-state index contributed by atoms with van der Waals surface area (Å²) in [7, 11) is 0. The van der Waals surface area contributed by atoms with Crippen LogP contribution >= 0.6 is 0 Å². The Kier molecular flexibility index (Phi) is 7.52. The molecule has 0 aromatic heterocycles. The molecule has 0 amide bonds. The van der Waals surface area contributed by atoms with Crippen LogP contribution in [-0.4, -0.2) is 6.21 Å². The van der Waals surface area contributed by atoms with Crippen LogP contribution in [0.4, 0.5) is 17.1 Å². The molecule has 0 fully saturated rings. The van der Waals surface area contributed by atoms with E-state index in [4.69, 9.17) is 5.41 Å². The van der Waals surface area contributed by atoms with E-state index in [0.717, 1.165) is 28.2 Å². The number of benzene rings is 9. The number of hydrogen-bond acceptors (Lipinski definition) is 2. The first kappa shape index (κ1) is 32.8. The second-order valence-electron chi connectivity index (χ2n) is 14.8. The lowest BCUT2D eigenvalue weighted by molar-refractivity contribution is 1.28. The molecule has 9 aromatic rings. The molecule has 57 heavy (non-hydrogen) atoms. The summed E-state index contributed by atoms with van der Waals surface area (Å²) in [4.78, 5) is 2.31. The highest BCUT2D eigenvalue weighted by atomic mass is 15.1. The van der Waals surface area contributed by atoms with Crippen molar-refractivity contribution in [3.05, 3.63) is 206 Å². The van der Waals surface area contributed by atoms with Gasteiger partial charge in [-0.15, -0.1) is 0 Å². The molecule has 1 N–H and O–H groups in total. The molecule has 0 atom stereocenters. The number of rotatable bonds is 8. The average Bonchev–Trinajstić information content (AvgIpc) is 3.78. The van der Waals surface area contributed by atoms with Gasteiger partial charge in [-0.1, -0.05) is 164 Å². The van der Waals surface area contributed by atoms with Gasteiger partial charge in [-0.2, -0.15) is 0 Å². The van der Waals surface area contributed by atoms with Gasteiger partial charge < -0.3 is 10.3 Å². The molecule has 2 aliphatic carbocycles. The van der Waals surface area contributed by atoms with E-state index in [2.05, 4.69) is 193 Å². The van der Waals surface area contributed by atoms with Crippen LogP contribution in [0.1, 0.15) is 5.56 Å². The van der Waals surface area contributed by atoms with Crippen LogP contribution < -0.4 is 4.90 Å². The van der Waals surface area contributed by atoms with Gasteiger partial charge in [0.2, 0.25) is 0 Å². The predicted molar refractivity (Wildman–Crippen MR) is 243 cm³/mol. The maximum atomic E-state index is 7.96. The van der Waals surface area contributed by atoms with Crippen molar-refractivity contribution < 1.29 is 0 Å². The average molecular weight is 725 g/mol. The Bertz CT molecular complexity index is 2890. The van der Waals surface area contributed by atoms with Crippen molar-refractivity contribution in [3.63, 3.8) is 0 Å². The van der Waals surface area contributed by atoms with Crippen LogP contribution in [0.25, 0.3) is 93.9 Å². The summed E-state index contributed by atoms with van der Waals surface area (Å²) in [5.41, 5.74) is 20.3. The molecule has 2 nitrogen and oxygen atoms in total. The van der Waals surface area contributed by atoms with E-state index in [1.165, 1.54) is 94.5 Å². The van der Waals surface area contributed by atoms with E-state index in [9.17, 15) is 0 Å². The zero-order valence-electron chi connectivity index (χ0n) is 31.2. The molecule has 0 spiro atoms. The number of nitrogens with zero attached hydrogens (tertiary/aromatic N) is 1. The van der Waals surface area contributed by atoms with E-state index >= 15 is 0 Å². The van der Waals surface area contributed by atoms with Crippen LogP contribution in [0.15, 0.2) is 201 Å². The van der Waals surface area contributed by atoms with E-state index < -0.39 is 0 Å². The predicted octanol–water partition coefficient (Wildman–Crippen LogP) is 15.3. The normalized spacial score (nSPS) is 12.1. The molecule has 2 aliphatic rings. The Hall–Kier alpha value is -7.55. The number of fused-ring (bicyclic) bond motifs is 6. The van der Waals surface area contributed by atoms with Gasteiger partial charge >= 0.3 is 0 Å². The van der Waals surface area contributed by atoms with E-state index in [1.54, 1.807) is 6.08 Å². The molecule has 0 radical (unpaired) electrons. The maximum Gasteiger partial charge on any atom is 0.0462 e. The zero-order chi connectivity index (χ0) is 38.0. The van der Waals surface area contributed by atoms with Crippen LogP contribution in [0.5, 0.6) is 0 Å². The second kappa shape index (κ2) is 13.0. The fraction of sp³-hybridized carbons (Fsp3) is 0. The number of nitrogens with one attached hydrogen (secondary N) is 1. The molecule has 0 heterocycles. The highest BCUT2D eigenvalue weighted by Gasteiger charge is 2.24. The Morgan fingerprint density at radius 1 is 0.386 bits per heavy atom. The standard InChI is InChI=1S/C55H36N2/c1-2-9-38(34-56)35-18-24-39(25-19-35)57(40-26-20-36(21-27-40)42-30-32-52-46-12-5-3-10-44(46)50-16-7-14-48(42)54(50)52)41-28-22-37(23-29-41)43-31-33-53-47-13-6-4-11-45(47)51-17-8-15-49(43)55(51)53/h2-34,56H,1H2/b38-9+,56-34?. The van der Waals surface area contributed by atoms with Gasteiger partial charge in [0.1, 0.15) is 0 Å². The molecule has 0 aliphatic heterocycles. The van der Waals surface area contributed by atoms with Gasteiger partial charge in [-0.3, -0.25) is 0 Å². The van der Waals surface area contributed by atoms with Crippen LogP contribution in [0.2, 0.25) is 0 Å². The summed E-state index contributed by atoms with van der Waals surface area (Å²) in [6.07, 6.45) is 4.98. The minimum atomic E-state index is 0.818. The Labute approximate surface area is 332 Å². The van der Waals surface area contributed by atoms with Gasteiger partial charge in [0, 0.05) is 23.3 Å². The minimum Gasteiger partial charge on any atom is -0.311 e. The molecule has 11 rings (SSSR count). The topological polar surface area (TPSA) is 27.1 Å². The third-order valence-electron chi connectivity index (χ3n) is 11.9. The number of allylic oxidation sites excluding steroid dienone is 3.